The summed E-state index contributed by atoms with van der Waals surface area (Å²) in [5.74, 6) is -0.793. The standard InChI is InChI=1S/C12H16FNO2/c1-2-7-16-12(15)11(13)8-9-3-5-10(14)6-4-9/h3-6,11H,2,7-8,14H2,1H3. The first-order chi connectivity index (χ1) is 7.63. The van der Waals surface area contributed by atoms with Crippen LogP contribution in [-0.2, 0) is 16.0 Å². The van der Waals surface area contributed by atoms with Gasteiger partial charge in [0.25, 0.3) is 0 Å². The lowest BCUT2D eigenvalue weighted by molar-refractivity contribution is -0.149. The highest BCUT2D eigenvalue weighted by molar-refractivity contribution is 5.74. The van der Waals surface area contributed by atoms with Gasteiger partial charge in [-0.2, -0.15) is 0 Å². The van der Waals surface area contributed by atoms with Crippen LogP contribution in [0.2, 0.25) is 0 Å². The fourth-order valence-electron chi connectivity index (χ4n) is 1.24. The van der Waals surface area contributed by atoms with Gasteiger partial charge in [0.1, 0.15) is 0 Å². The number of ether oxygens (including phenoxy) is 1. The average molecular weight is 225 g/mol. The van der Waals surface area contributed by atoms with E-state index in [9.17, 15) is 9.18 Å². The monoisotopic (exact) mass is 225 g/mol. The van der Waals surface area contributed by atoms with Crippen LogP contribution in [0.4, 0.5) is 10.1 Å². The minimum Gasteiger partial charge on any atom is -0.464 e. The van der Waals surface area contributed by atoms with E-state index in [1.807, 2.05) is 6.92 Å². The van der Waals surface area contributed by atoms with Gasteiger partial charge in [-0.25, -0.2) is 9.18 Å². The van der Waals surface area contributed by atoms with Crippen molar-refractivity contribution in [3.8, 4) is 0 Å². The second-order valence-corrected chi connectivity index (χ2v) is 3.58. The van der Waals surface area contributed by atoms with Crippen LogP contribution in [0.15, 0.2) is 24.3 Å². The maximum absolute atomic E-state index is 13.4. The van der Waals surface area contributed by atoms with Crippen molar-refractivity contribution in [2.24, 2.45) is 0 Å². The van der Waals surface area contributed by atoms with Crippen molar-refractivity contribution in [2.45, 2.75) is 25.9 Å². The van der Waals surface area contributed by atoms with Crippen LogP contribution in [-0.4, -0.2) is 18.7 Å². The summed E-state index contributed by atoms with van der Waals surface area (Å²) in [4.78, 5) is 11.2. The Morgan fingerprint density at radius 2 is 2.06 bits per heavy atom. The zero-order valence-electron chi connectivity index (χ0n) is 9.28. The number of rotatable bonds is 5. The first-order valence-corrected chi connectivity index (χ1v) is 5.28. The van der Waals surface area contributed by atoms with Crippen molar-refractivity contribution in [1.82, 2.24) is 0 Å². The minimum absolute atomic E-state index is 0.0306. The Bertz CT molecular complexity index is 337. The second-order valence-electron chi connectivity index (χ2n) is 3.58. The van der Waals surface area contributed by atoms with E-state index in [0.29, 0.717) is 12.1 Å². The van der Waals surface area contributed by atoms with Gasteiger partial charge < -0.3 is 10.5 Å². The molecule has 3 nitrogen and oxygen atoms in total. The number of esters is 1. The molecule has 0 fully saturated rings. The second kappa shape index (κ2) is 6.10. The molecule has 0 saturated heterocycles. The van der Waals surface area contributed by atoms with Gasteiger partial charge in [-0.05, 0) is 24.1 Å². The molecule has 1 aromatic carbocycles. The van der Waals surface area contributed by atoms with Crippen molar-refractivity contribution >= 4 is 11.7 Å². The Hall–Kier alpha value is -1.58. The summed E-state index contributed by atoms with van der Waals surface area (Å²) in [6, 6.07) is 6.77. The molecular formula is C12H16FNO2. The molecule has 0 radical (unpaired) electrons. The number of anilines is 1. The lowest BCUT2D eigenvalue weighted by Crippen LogP contribution is -2.21. The minimum atomic E-state index is -1.60. The van der Waals surface area contributed by atoms with E-state index < -0.39 is 12.1 Å². The Morgan fingerprint density at radius 1 is 1.44 bits per heavy atom. The lowest BCUT2D eigenvalue weighted by Gasteiger charge is -2.08. The molecule has 0 aromatic heterocycles. The van der Waals surface area contributed by atoms with E-state index in [2.05, 4.69) is 0 Å². The third-order valence-corrected chi connectivity index (χ3v) is 2.10. The summed E-state index contributed by atoms with van der Waals surface area (Å²) in [6.07, 6.45) is -0.876. The fourth-order valence-corrected chi connectivity index (χ4v) is 1.24. The molecule has 88 valence electrons. The highest BCUT2D eigenvalue weighted by atomic mass is 19.1. The topological polar surface area (TPSA) is 52.3 Å². The number of hydrogen-bond donors (Lipinski definition) is 1. The smallest absolute Gasteiger partial charge is 0.341 e. The van der Waals surface area contributed by atoms with Crippen molar-refractivity contribution in [3.05, 3.63) is 29.8 Å². The third kappa shape index (κ3) is 3.88. The van der Waals surface area contributed by atoms with E-state index in [1.165, 1.54) is 0 Å². The van der Waals surface area contributed by atoms with Crippen LogP contribution in [0.3, 0.4) is 0 Å². The van der Waals surface area contributed by atoms with Crippen LogP contribution in [0.5, 0.6) is 0 Å². The van der Waals surface area contributed by atoms with E-state index in [0.717, 1.165) is 5.56 Å². The lowest BCUT2D eigenvalue weighted by atomic mass is 10.1. The van der Waals surface area contributed by atoms with Gasteiger partial charge in [0, 0.05) is 12.1 Å². The fraction of sp³-hybridized carbons (Fsp3) is 0.417. The first-order valence-electron chi connectivity index (χ1n) is 5.28. The van der Waals surface area contributed by atoms with Crippen LogP contribution in [0, 0.1) is 0 Å². The van der Waals surface area contributed by atoms with Crippen molar-refractivity contribution in [3.63, 3.8) is 0 Å². The zero-order valence-corrected chi connectivity index (χ0v) is 9.28. The van der Waals surface area contributed by atoms with Gasteiger partial charge in [-0.3, -0.25) is 0 Å². The van der Waals surface area contributed by atoms with Gasteiger partial charge in [0.05, 0.1) is 6.61 Å². The molecule has 1 atom stereocenters. The Morgan fingerprint density at radius 3 is 2.62 bits per heavy atom. The molecule has 0 bridgehead atoms. The molecule has 0 aliphatic rings. The molecule has 0 amide bonds. The summed E-state index contributed by atoms with van der Waals surface area (Å²) >= 11 is 0. The Labute approximate surface area is 94.4 Å². The number of carbonyl (C=O) groups is 1. The van der Waals surface area contributed by atoms with Gasteiger partial charge in [0.15, 0.2) is 0 Å². The molecule has 4 heteroatoms. The number of carbonyl (C=O) groups excluding carboxylic acids is 1. The molecule has 1 rings (SSSR count). The van der Waals surface area contributed by atoms with Crippen LogP contribution in [0.1, 0.15) is 18.9 Å². The normalized spacial score (nSPS) is 12.1. The molecule has 0 spiro atoms. The van der Waals surface area contributed by atoms with Crippen LogP contribution >= 0.6 is 0 Å². The molecule has 1 aromatic rings. The van der Waals surface area contributed by atoms with Gasteiger partial charge in [-0.1, -0.05) is 19.1 Å². The number of alkyl halides is 1. The maximum Gasteiger partial charge on any atom is 0.341 e. The molecule has 0 saturated carbocycles. The SMILES string of the molecule is CCCOC(=O)C(F)Cc1ccc(N)cc1. The Balaban J connectivity index is 2.47. The predicted octanol–water partition coefficient (Wildman–Crippen LogP) is 2.10. The molecule has 0 heterocycles. The first kappa shape index (κ1) is 12.5. The number of halogens is 1. The number of hydrogen-bond acceptors (Lipinski definition) is 3. The van der Waals surface area contributed by atoms with Gasteiger partial charge in [0.2, 0.25) is 6.17 Å². The van der Waals surface area contributed by atoms with Crippen molar-refractivity contribution in [1.29, 1.82) is 0 Å². The van der Waals surface area contributed by atoms with Crippen molar-refractivity contribution < 1.29 is 13.9 Å². The zero-order chi connectivity index (χ0) is 12.0. The summed E-state index contributed by atoms with van der Waals surface area (Å²) in [5.41, 5.74) is 6.85. The molecule has 0 aliphatic carbocycles. The molecule has 2 N–H and O–H groups in total. The summed E-state index contributed by atoms with van der Waals surface area (Å²) in [7, 11) is 0. The van der Waals surface area contributed by atoms with E-state index >= 15 is 0 Å². The summed E-state index contributed by atoms with van der Waals surface area (Å²) < 4.78 is 18.1. The van der Waals surface area contributed by atoms with E-state index in [-0.39, 0.29) is 13.0 Å². The highest BCUT2D eigenvalue weighted by Gasteiger charge is 2.18. The maximum atomic E-state index is 13.4. The van der Waals surface area contributed by atoms with Gasteiger partial charge in [-0.15, -0.1) is 0 Å². The van der Waals surface area contributed by atoms with Crippen molar-refractivity contribution in [2.75, 3.05) is 12.3 Å². The van der Waals surface area contributed by atoms with Crippen LogP contribution < -0.4 is 5.73 Å². The third-order valence-electron chi connectivity index (χ3n) is 2.10. The molecule has 16 heavy (non-hydrogen) atoms. The summed E-state index contributed by atoms with van der Waals surface area (Å²) in [6.45, 7) is 2.13. The number of nitrogen functional groups attached to an aromatic ring is 1. The summed E-state index contributed by atoms with van der Waals surface area (Å²) in [5, 5.41) is 0. The van der Waals surface area contributed by atoms with E-state index in [1.54, 1.807) is 24.3 Å². The molecular weight excluding hydrogens is 209 g/mol. The Kier molecular flexibility index (Phi) is 4.76. The van der Waals surface area contributed by atoms with E-state index in [4.69, 9.17) is 10.5 Å². The number of benzene rings is 1. The quantitative estimate of drug-likeness (QED) is 0.616. The highest BCUT2D eigenvalue weighted by Crippen LogP contribution is 2.10. The number of nitrogens with two attached hydrogens (primary N) is 1. The average Bonchev–Trinajstić information content (AvgIpc) is 2.29. The molecule has 1 unspecified atom stereocenters. The predicted molar refractivity (Wildman–Crippen MR) is 60.7 cm³/mol. The van der Waals surface area contributed by atoms with Crippen LogP contribution in [0.25, 0.3) is 0 Å². The molecule has 0 aliphatic heterocycles. The largest absolute Gasteiger partial charge is 0.464 e. The van der Waals surface area contributed by atoms with Gasteiger partial charge >= 0.3 is 5.97 Å².